The van der Waals surface area contributed by atoms with Crippen molar-refractivity contribution in [3.05, 3.63) is 29.3 Å². The quantitative estimate of drug-likeness (QED) is 0.744. The van der Waals surface area contributed by atoms with Crippen molar-refractivity contribution in [2.45, 2.75) is 13.3 Å². The largest absolute Gasteiger partial charge is 0.481 e. The average Bonchev–Trinajstić information content (AvgIpc) is 2.84. The van der Waals surface area contributed by atoms with Gasteiger partial charge >= 0.3 is 12.0 Å². The Morgan fingerprint density at radius 2 is 2.19 bits per heavy atom. The Morgan fingerprint density at radius 1 is 1.43 bits per heavy atom. The molecule has 0 aromatic heterocycles. The third-order valence-corrected chi connectivity index (χ3v) is 3.32. The van der Waals surface area contributed by atoms with E-state index in [1.807, 2.05) is 0 Å². The van der Waals surface area contributed by atoms with Crippen molar-refractivity contribution >= 4 is 23.6 Å². The number of benzene rings is 1. The minimum absolute atomic E-state index is 0.0715. The van der Waals surface area contributed by atoms with Crippen molar-refractivity contribution in [2.75, 3.05) is 24.5 Å². The van der Waals surface area contributed by atoms with E-state index in [9.17, 15) is 14.4 Å². The van der Waals surface area contributed by atoms with Crippen LogP contribution < -0.4 is 15.5 Å². The topological polar surface area (TPSA) is 98.7 Å². The van der Waals surface area contributed by atoms with E-state index in [-0.39, 0.29) is 24.9 Å². The van der Waals surface area contributed by atoms with Crippen molar-refractivity contribution in [1.29, 1.82) is 0 Å². The molecule has 2 rings (SSSR count). The Labute approximate surface area is 121 Å². The monoisotopic (exact) mass is 291 g/mol. The highest BCUT2D eigenvalue weighted by Crippen LogP contribution is 2.24. The molecule has 0 atom stereocenters. The minimum Gasteiger partial charge on any atom is -0.481 e. The molecule has 0 spiro atoms. The summed E-state index contributed by atoms with van der Waals surface area (Å²) < 4.78 is 0. The number of carbonyl (C=O) groups excluding carboxylic acids is 2. The zero-order valence-corrected chi connectivity index (χ0v) is 11.7. The number of nitrogens with one attached hydrogen (secondary N) is 2. The van der Waals surface area contributed by atoms with Crippen molar-refractivity contribution in [2.24, 2.45) is 0 Å². The standard InChI is InChI=1S/C14H17N3O4/c1-9-10(13(20)15-6-5-12(18)19)3-2-4-11(9)17-8-7-16-14(17)21/h2-4H,5-8H2,1H3,(H,15,20)(H,16,21)(H,18,19). The summed E-state index contributed by atoms with van der Waals surface area (Å²) in [6.45, 7) is 2.98. The Bertz CT molecular complexity index is 586. The van der Waals surface area contributed by atoms with E-state index in [1.54, 1.807) is 30.0 Å². The van der Waals surface area contributed by atoms with Crippen molar-refractivity contribution < 1.29 is 19.5 Å². The van der Waals surface area contributed by atoms with Crippen LogP contribution in [0.3, 0.4) is 0 Å². The fourth-order valence-electron chi connectivity index (χ4n) is 2.24. The van der Waals surface area contributed by atoms with E-state index in [1.165, 1.54) is 0 Å². The molecule has 0 bridgehead atoms. The first kappa shape index (κ1) is 14.8. The van der Waals surface area contributed by atoms with E-state index >= 15 is 0 Å². The lowest BCUT2D eigenvalue weighted by atomic mass is 10.1. The van der Waals surface area contributed by atoms with Gasteiger partial charge in [0.1, 0.15) is 0 Å². The SMILES string of the molecule is Cc1c(C(=O)NCCC(=O)O)cccc1N1CCNC1=O. The van der Waals surface area contributed by atoms with E-state index in [2.05, 4.69) is 10.6 Å². The smallest absolute Gasteiger partial charge is 0.322 e. The van der Waals surface area contributed by atoms with E-state index in [0.29, 0.717) is 29.9 Å². The summed E-state index contributed by atoms with van der Waals surface area (Å²) >= 11 is 0. The molecule has 1 heterocycles. The van der Waals surface area contributed by atoms with Crippen LogP contribution in [0.4, 0.5) is 10.5 Å². The molecule has 3 amide bonds. The number of carboxylic acid groups (broad SMARTS) is 1. The summed E-state index contributed by atoms with van der Waals surface area (Å²) in [4.78, 5) is 35.8. The number of carbonyl (C=O) groups is 3. The molecule has 1 aliphatic rings. The summed E-state index contributed by atoms with van der Waals surface area (Å²) in [6, 6.07) is 4.97. The fraction of sp³-hybridized carbons (Fsp3) is 0.357. The molecule has 0 aliphatic carbocycles. The highest BCUT2D eigenvalue weighted by molar-refractivity contribution is 6.00. The molecule has 1 aromatic rings. The van der Waals surface area contributed by atoms with E-state index in [0.717, 1.165) is 0 Å². The Hall–Kier alpha value is -2.57. The molecule has 7 nitrogen and oxygen atoms in total. The molecule has 0 saturated carbocycles. The van der Waals surface area contributed by atoms with Crippen LogP contribution in [0, 0.1) is 6.92 Å². The van der Waals surface area contributed by atoms with Crippen LogP contribution in [0.1, 0.15) is 22.3 Å². The van der Waals surface area contributed by atoms with Crippen LogP contribution in [0.2, 0.25) is 0 Å². The van der Waals surface area contributed by atoms with Gasteiger partial charge in [-0.05, 0) is 24.6 Å². The van der Waals surface area contributed by atoms with Gasteiger partial charge in [-0.3, -0.25) is 14.5 Å². The van der Waals surface area contributed by atoms with Gasteiger partial charge < -0.3 is 15.7 Å². The van der Waals surface area contributed by atoms with Gasteiger partial charge in [0, 0.05) is 30.9 Å². The maximum atomic E-state index is 12.1. The number of hydrogen-bond acceptors (Lipinski definition) is 3. The Kier molecular flexibility index (Phi) is 4.42. The molecule has 0 unspecified atom stereocenters. The predicted octanol–water partition coefficient (Wildman–Crippen LogP) is 0.729. The normalized spacial score (nSPS) is 14.0. The number of rotatable bonds is 5. The first-order valence-corrected chi connectivity index (χ1v) is 6.65. The Morgan fingerprint density at radius 3 is 2.81 bits per heavy atom. The molecule has 21 heavy (non-hydrogen) atoms. The molecular formula is C14H17N3O4. The van der Waals surface area contributed by atoms with Gasteiger partial charge in [-0.1, -0.05) is 6.07 Å². The molecule has 0 radical (unpaired) electrons. The number of carboxylic acids is 1. The zero-order valence-electron chi connectivity index (χ0n) is 11.7. The van der Waals surface area contributed by atoms with Crippen molar-refractivity contribution in [3.63, 3.8) is 0 Å². The van der Waals surface area contributed by atoms with Gasteiger partial charge in [-0.2, -0.15) is 0 Å². The second kappa shape index (κ2) is 6.25. The molecular weight excluding hydrogens is 274 g/mol. The van der Waals surface area contributed by atoms with Gasteiger partial charge in [0.25, 0.3) is 5.91 Å². The molecule has 112 valence electrons. The van der Waals surface area contributed by atoms with Crippen molar-refractivity contribution in [3.8, 4) is 0 Å². The van der Waals surface area contributed by atoms with Crippen LogP contribution >= 0.6 is 0 Å². The van der Waals surface area contributed by atoms with Crippen LogP contribution in [0.15, 0.2) is 18.2 Å². The third-order valence-electron chi connectivity index (χ3n) is 3.32. The highest BCUT2D eigenvalue weighted by Gasteiger charge is 2.24. The second-order valence-electron chi connectivity index (χ2n) is 4.73. The lowest BCUT2D eigenvalue weighted by Crippen LogP contribution is -2.30. The van der Waals surface area contributed by atoms with Crippen molar-refractivity contribution in [1.82, 2.24) is 10.6 Å². The molecule has 1 saturated heterocycles. The number of nitrogens with zero attached hydrogens (tertiary/aromatic N) is 1. The first-order chi connectivity index (χ1) is 10.0. The number of aliphatic carboxylic acids is 1. The summed E-state index contributed by atoms with van der Waals surface area (Å²) in [5, 5.41) is 13.8. The van der Waals surface area contributed by atoms with Gasteiger partial charge in [0.05, 0.1) is 6.42 Å². The predicted molar refractivity (Wildman–Crippen MR) is 76.5 cm³/mol. The lowest BCUT2D eigenvalue weighted by Gasteiger charge is -2.18. The van der Waals surface area contributed by atoms with Gasteiger partial charge in [0.15, 0.2) is 0 Å². The molecule has 1 aromatic carbocycles. The lowest BCUT2D eigenvalue weighted by molar-refractivity contribution is -0.136. The van der Waals surface area contributed by atoms with Gasteiger partial charge in [-0.15, -0.1) is 0 Å². The van der Waals surface area contributed by atoms with Crippen LogP contribution in [-0.2, 0) is 4.79 Å². The molecule has 1 aliphatic heterocycles. The van der Waals surface area contributed by atoms with Crippen LogP contribution in [0.25, 0.3) is 0 Å². The number of anilines is 1. The summed E-state index contributed by atoms with van der Waals surface area (Å²) in [6.07, 6.45) is -0.126. The summed E-state index contributed by atoms with van der Waals surface area (Å²) in [5.41, 5.74) is 1.83. The van der Waals surface area contributed by atoms with E-state index in [4.69, 9.17) is 5.11 Å². The van der Waals surface area contributed by atoms with E-state index < -0.39 is 5.97 Å². The summed E-state index contributed by atoms with van der Waals surface area (Å²) in [5.74, 6) is -1.30. The van der Waals surface area contributed by atoms with Gasteiger partial charge in [0.2, 0.25) is 0 Å². The van der Waals surface area contributed by atoms with Crippen LogP contribution in [0.5, 0.6) is 0 Å². The molecule has 3 N–H and O–H groups in total. The fourth-order valence-corrected chi connectivity index (χ4v) is 2.24. The maximum Gasteiger partial charge on any atom is 0.322 e. The number of amides is 3. The average molecular weight is 291 g/mol. The summed E-state index contributed by atoms with van der Waals surface area (Å²) in [7, 11) is 0. The number of urea groups is 1. The third kappa shape index (κ3) is 3.31. The first-order valence-electron chi connectivity index (χ1n) is 6.65. The minimum atomic E-state index is -0.963. The second-order valence-corrected chi connectivity index (χ2v) is 4.73. The van der Waals surface area contributed by atoms with Crippen LogP contribution in [-0.4, -0.2) is 42.6 Å². The zero-order chi connectivity index (χ0) is 15.4. The molecule has 7 heteroatoms. The number of hydrogen-bond donors (Lipinski definition) is 3. The molecule has 1 fully saturated rings. The maximum absolute atomic E-state index is 12.1. The highest BCUT2D eigenvalue weighted by atomic mass is 16.4. The van der Waals surface area contributed by atoms with Gasteiger partial charge in [-0.25, -0.2) is 4.79 Å². The Balaban J connectivity index is 2.15.